The monoisotopic (exact) mass is 557 g/mol. The molecule has 0 unspecified atom stereocenters. The van der Waals surface area contributed by atoms with Crippen LogP contribution in [0.5, 0.6) is 5.75 Å². The van der Waals surface area contributed by atoms with E-state index in [1.807, 2.05) is 13.8 Å². The van der Waals surface area contributed by atoms with Gasteiger partial charge >= 0.3 is 0 Å². The maximum absolute atomic E-state index is 13.7. The van der Waals surface area contributed by atoms with E-state index in [1.165, 1.54) is 12.0 Å². The fraction of sp³-hybridized carbons (Fsp3) is 0.440. The lowest BCUT2D eigenvalue weighted by Crippen LogP contribution is -2.53. The second-order valence-electron chi connectivity index (χ2n) is 8.44. The first-order valence-electron chi connectivity index (χ1n) is 11.6. The molecule has 0 bridgehead atoms. The molecular weight excluding hydrogens is 525 g/mol. The van der Waals surface area contributed by atoms with Crippen LogP contribution in [0.4, 0.5) is 5.69 Å². The highest BCUT2D eigenvalue weighted by molar-refractivity contribution is 7.92. The lowest BCUT2D eigenvalue weighted by atomic mass is 10.1. The second kappa shape index (κ2) is 13.2. The van der Waals surface area contributed by atoms with Crippen molar-refractivity contribution in [1.29, 1.82) is 0 Å². The Morgan fingerprint density at radius 1 is 1.08 bits per heavy atom. The molecule has 0 saturated heterocycles. The molecule has 8 nitrogen and oxygen atoms in total. The van der Waals surface area contributed by atoms with Crippen molar-refractivity contribution in [1.82, 2.24) is 10.2 Å². The standard InChI is InChI=1S/C25H33Cl2N3O5S/c1-6-17(3)28-25(32)21(7-2)29(15-18-12-13-19(26)14-20(18)27)24(31)16-30(36(5,33)34)22-10-8-9-11-23(22)35-4/h8-14,17,21H,6-7,15-16H2,1-5H3,(H,28,32)/t17-,21+/m1/s1. The van der Waals surface area contributed by atoms with E-state index in [0.717, 1.165) is 17.0 Å². The van der Waals surface area contributed by atoms with Gasteiger partial charge in [0.25, 0.3) is 0 Å². The number of hydrogen-bond donors (Lipinski definition) is 1. The number of carbonyl (C=O) groups is 2. The molecular formula is C25H33Cl2N3O5S. The number of nitrogens with one attached hydrogen (secondary N) is 1. The van der Waals surface area contributed by atoms with Crippen molar-refractivity contribution in [2.45, 2.75) is 52.2 Å². The number of carbonyl (C=O) groups excluding carboxylic acids is 2. The van der Waals surface area contributed by atoms with E-state index < -0.39 is 28.5 Å². The number of rotatable bonds is 12. The average molecular weight is 559 g/mol. The normalized spacial score (nSPS) is 13.0. The molecule has 2 amide bonds. The molecule has 11 heteroatoms. The quantitative estimate of drug-likeness (QED) is 0.414. The van der Waals surface area contributed by atoms with Crippen LogP contribution in [0.3, 0.4) is 0 Å². The second-order valence-corrected chi connectivity index (χ2v) is 11.2. The van der Waals surface area contributed by atoms with Crippen LogP contribution in [0.15, 0.2) is 42.5 Å². The van der Waals surface area contributed by atoms with Crippen LogP contribution in [0, 0.1) is 0 Å². The zero-order valence-electron chi connectivity index (χ0n) is 21.1. The van der Waals surface area contributed by atoms with Gasteiger partial charge in [0.15, 0.2) is 0 Å². The van der Waals surface area contributed by atoms with Crippen molar-refractivity contribution in [3.8, 4) is 5.75 Å². The molecule has 0 fully saturated rings. The number of amides is 2. The molecule has 2 rings (SSSR count). The van der Waals surface area contributed by atoms with Gasteiger partial charge in [0, 0.05) is 22.6 Å². The molecule has 2 aromatic rings. The Morgan fingerprint density at radius 3 is 2.31 bits per heavy atom. The van der Waals surface area contributed by atoms with Gasteiger partial charge < -0.3 is 15.0 Å². The van der Waals surface area contributed by atoms with Crippen LogP contribution in [0.1, 0.15) is 39.2 Å². The number of hydrogen-bond acceptors (Lipinski definition) is 5. The van der Waals surface area contributed by atoms with E-state index in [-0.39, 0.29) is 24.2 Å². The lowest BCUT2D eigenvalue weighted by Gasteiger charge is -2.33. The zero-order valence-corrected chi connectivity index (χ0v) is 23.5. The van der Waals surface area contributed by atoms with Crippen molar-refractivity contribution in [2.24, 2.45) is 0 Å². The number of methoxy groups -OCH3 is 1. The summed E-state index contributed by atoms with van der Waals surface area (Å²) in [4.78, 5) is 28.3. The highest BCUT2D eigenvalue weighted by Crippen LogP contribution is 2.30. The minimum Gasteiger partial charge on any atom is -0.495 e. The van der Waals surface area contributed by atoms with E-state index in [9.17, 15) is 18.0 Å². The molecule has 36 heavy (non-hydrogen) atoms. The van der Waals surface area contributed by atoms with Gasteiger partial charge in [-0.25, -0.2) is 8.42 Å². The van der Waals surface area contributed by atoms with E-state index in [1.54, 1.807) is 49.4 Å². The molecule has 0 radical (unpaired) electrons. The molecule has 0 heterocycles. The number of halogens is 2. The van der Waals surface area contributed by atoms with Crippen LogP contribution in [0.25, 0.3) is 0 Å². The van der Waals surface area contributed by atoms with Gasteiger partial charge in [0.2, 0.25) is 21.8 Å². The molecule has 0 aliphatic carbocycles. The van der Waals surface area contributed by atoms with E-state index in [4.69, 9.17) is 27.9 Å². The van der Waals surface area contributed by atoms with Crippen molar-refractivity contribution in [2.75, 3.05) is 24.2 Å². The lowest BCUT2D eigenvalue weighted by molar-refractivity contribution is -0.140. The Bertz CT molecular complexity index is 1180. The van der Waals surface area contributed by atoms with Crippen molar-refractivity contribution < 1.29 is 22.7 Å². The smallest absolute Gasteiger partial charge is 0.244 e. The predicted molar refractivity (Wildman–Crippen MR) is 144 cm³/mol. The van der Waals surface area contributed by atoms with Crippen LogP contribution < -0.4 is 14.4 Å². The van der Waals surface area contributed by atoms with Gasteiger partial charge in [-0.05, 0) is 49.6 Å². The zero-order chi connectivity index (χ0) is 27.0. The van der Waals surface area contributed by atoms with E-state index in [2.05, 4.69) is 5.32 Å². The summed E-state index contributed by atoms with van der Waals surface area (Å²) in [7, 11) is -2.46. The van der Waals surface area contributed by atoms with Crippen molar-refractivity contribution >= 4 is 50.7 Å². The summed E-state index contributed by atoms with van der Waals surface area (Å²) in [6.45, 7) is 5.07. The molecule has 2 atom stereocenters. The SMILES string of the molecule is CC[C@@H](C)NC(=O)[C@H](CC)N(Cc1ccc(Cl)cc1Cl)C(=O)CN(c1ccccc1OC)S(C)(=O)=O. The summed E-state index contributed by atoms with van der Waals surface area (Å²) in [6, 6.07) is 10.5. The van der Waals surface area contributed by atoms with Crippen LogP contribution in [-0.4, -0.2) is 57.1 Å². The van der Waals surface area contributed by atoms with Gasteiger partial charge in [-0.1, -0.05) is 55.2 Å². The minimum absolute atomic E-state index is 0.00913. The minimum atomic E-state index is -3.88. The fourth-order valence-electron chi connectivity index (χ4n) is 3.62. The van der Waals surface area contributed by atoms with E-state index in [0.29, 0.717) is 27.8 Å². The third kappa shape index (κ3) is 7.75. The predicted octanol–water partition coefficient (Wildman–Crippen LogP) is 4.49. The Kier molecular flexibility index (Phi) is 10.9. The van der Waals surface area contributed by atoms with Crippen molar-refractivity contribution in [3.05, 3.63) is 58.1 Å². The number of benzene rings is 2. The topological polar surface area (TPSA) is 96.0 Å². The average Bonchev–Trinajstić information content (AvgIpc) is 2.82. The van der Waals surface area contributed by atoms with E-state index >= 15 is 0 Å². The summed E-state index contributed by atoms with van der Waals surface area (Å²) in [5.74, 6) is -0.596. The van der Waals surface area contributed by atoms with Gasteiger partial charge in [0.05, 0.1) is 19.1 Å². The van der Waals surface area contributed by atoms with Crippen LogP contribution >= 0.6 is 23.2 Å². The first-order valence-corrected chi connectivity index (χ1v) is 14.2. The third-order valence-corrected chi connectivity index (χ3v) is 7.49. The number of ether oxygens (including phenoxy) is 1. The Hall–Kier alpha value is -2.49. The van der Waals surface area contributed by atoms with Crippen LogP contribution in [-0.2, 0) is 26.2 Å². The van der Waals surface area contributed by atoms with Crippen LogP contribution in [0.2, 0.25) is 10.0 Å². The molecule has 0 aromatic heterocycles. The molecule has 0 saturated carbocycles. The molecule has 1 N–H and O–H groups in total. The fourth-order valence-corrected chi connectivity index (χ4v) is 4.95. The maximum Gasteiger partial charge on any atom is 0.244 e. The summed E-state index contributed by atoms with van der Waals surface area (Å²) < 4.78 is 31.8. The Balaban J connectivity index is 2.51. The highest BCUT2D eigenvalue weighted by atomic mass is 35.5. The Morgan fingerprint density at radius 2 is 1.75 bits per heavy atom. The summed E-state index contributed by atoms with van der Waals surface area (Å²) in [5.41, 5.74) is 0.796. The van der Waals surface area contributed by atoms with Crippen molar-refractivity contribution in [3.63, 3.8) is 0 Å². The molecule has 198 valence electrons. The number of anilines is 1. The molecule has 2 aromatic carbocycles. The molecule has 0 aliphatic heterocycles. The number of sulfonamides is 1. The van der Waals surface area contributed by atoms with Gasteiger partial charge in [-0.2, -0.15) is 0 Å². The maximum atomic E-state index is 13.7. The first-order chi connectivity index (χ1) is 16.9. The summed E-state index contributed by atoms with van der Waals surface area (Å²) in [6.07, 6.45) is 2.04. The Labute approximate surface area is 223 Å². The molecule has 0 spiro atoms. The number of para-hydroxylation sites is 2. The van der Waals surface area contributed by atoms with Gasteiger partial charge in [0.1, 0.15) is 18.3 Å². The molecule has 0 aliphatic rings. The number of nitrogens with zero attached hydrogens (tertiary/aromatic N) is 2. The summed E-state index contributed by atoms with van der Waals surface area (Å²) in [5, 5.41) is 3.69. The summed E-state index contributed by atoms with van der Waals surface area (Å²) >= 11 is 12.4. The van der Waals surface area contributed by atoms with Gasteiger partial charge in [-0.3, -0.25) is 13.9 Å². The largest absolute Gasteiger partial charge is 0.495 e. The third-order valence-electron chi connectivity index (χ3n) is 5.78. The first kappa shape index (κ1) is 29.7. The highest BCUT2D eigenvalue weighted by Gasteiger charge is 2.33. The van der Waals surface area contributed by atoms with Gasteiger partial charge in [-0.15, -0.1) is 0 Å².